The van der Waals surface area contributed by atoms with E-state index in [4.69, 9.17) is 23.7 Å². The highest BCUT2D eigenvalue weighted by molar-refractivity contribution is 6.30. The van der Waals surface area contributed by atoms with Crippen molar-refractivity contribution in [1.82, 2.24) is 0 Å². The van der Waals surface area contributed by atoms with Crippen LogP contribution in [0, 0.1) is 0 Å². The Morgan fingerprint density at radius 2 is 1.13 bits per heavy atom. The summed E-state index contributed by atoms with van der Waals surface area (Å²) in [6, 6.07) is 18.7. The molecule has 1 aliphatic heterocycles. The molecule has 1 fully saturated rings. The van der Waals surface area contributed by atoms with Gasteiger partial charge in [-0.25, -0.2) is 0 Å². The molecule has 0 aromatic heterocycles. The van der Waals surface area contributed by atoms with Crippen molar-refractivity contribution in [2.75, 3.05) is 6.61 Å². The molecule has 0 bridgehead atoms. The summed E-state index contributed by atoms with van der Waals surface area (Å²) >= 11 is 0. The van der Waals surface area contributed by atoms with Gasteiger partial charge in [-0.2, -0.15) is 0 Å². The van der Waals surface area contributed by atoms with E-state index in [1.807, 2.05) is 18.2 Å². The first-order chi connectivity index (χ1) is 21.5. The maximum atomic E-state index is 14.3. The van der Waals surface area contributed by atoms with Gasteiger partial charge in [0.2, 0.25) is 0 Å². The highest BCUT2D eigenvalue weighted by atomic mass is 16.7. The molecule has 232 valence electrons. The molecule has 1 saturated heterocycles. The molecule has 0 unspecified atom stereocenters. The Hall–Kier alpha value is -5.16. The minimum Gasteiger partial charge on any atom is -0.463 e. The number of hydrogen-bond acceptors (Lipinski definition) is 11. The Morgan fingerprint density at radius 3 is 1.71 bits per heavy atom. The van der Waals surface area contributed by atoms with Gasteiger partial charge >= 0.3 is 23.9 Å². The van der Waals surface area contributed by atoms with Crippen molar-refractivity contribution in [2.45, 2.75) is 58.2 Å². The van der Waals surface area contributed by atoms with E-state index in [-0.39, 0.29) is 27.8 Å². The third-order valence-corrected chi connectivity index (χ3v) is 7.49. The highest BCUT2D eigenvalue weighted by Crippen LogP contribution is 2.44. The molecule has 1 heterocycles. The monoisotopic (exact) mass is 614 g/mol. The molecule has 3 aromatic carbocycles. The fourth-order valence-electron chi connectivity index (χ4n) is 5.82. The molecule has 5 atom stereocenters. The van der Waals surface area contributed by atoms with Gasteiger partial charge in [-0.15, -0.1) is 0 Å². The van der Waals surface area contributed by atoms with Crippen molar-refractivity contribution in [2.24, 2.45) is 0 Å². The minimum atomic E-state index is -1.45. The number of esters is 4. The summed E-state index contributed by atoms with van der Waals surface area (Å²) < 4.78 is 28.3. The fraction of sp³-hybridized carbons (Fsp3) is 0.294. The number of ketones is 2. The van der Waals surface area contributed by atoms with Crippen molar-refractivity contribution in [3.63, 3.8) is 0 Å². The van der Waals surface area contributed by atoms with E-state index in [0.29, 0.717) is 11.1 Å². The summed E-state index contributed by atoms with van der Waals surface area (Å²) in [5.74, 6) is -3.87. The van der Waals surface area contributed by atoms with Crippen LogP contribution in [0.15, 0.2) is 66.7 Å². The van der Waals surface area contributed by atoms with Crippen molar-refractivity contribution < 1.29 is 52.5 Å². The van der Waals surface area contributed by atoms with E-state index in [2.05, 4.69) is 0 Å². The molecular formula is C34H30O11. The Kier molecular flexibility index (Phi) is 8.92. The molecule has 11 heteroatoms. The predicted molar refractivity (Wildman–Crippen MR) is 156 cm³/mol. The van der Waals surface area contributed by atoms with Crippen LogP contribution in [0.5, 0.6) is 0 Å². The molecule has 0 saturated carbocycles. The lowest BCUT2D eigenvalue weighted by Crippen LogP contribution is -2.59. The van der Waals surface area contributed by atoms with Gasteiger partial charge in [0.15, 0.2) is 29.9 Å². The first kappa shape index (κ1) is 31.3. The summed E-state index contributed by atoms with van der Waals surface area (Å²) in [5.41, 5.74) is 1.87. The molecule has 0 radical (unpaired) electrons. The Balaban J connectivity index is 1.76. The smallest absolute Gasteiger partial charge is 0.303 e. The lowest BCUT2D eigenvalue weighted by molar-refractivity contribution is -0.254. The Bertz CT molecular complexity index is 1690. The summed E-state index contributed by atoms with van der Waals surface area (Å²) in [4.78, 5) is 77.1. The SMILES string of the molecule is CC(=O)OC[C@H]1O[C@@H](c2ccc(-c3ccccc3)c3c2C(=O)c2ccccc2C3=O)[C@H](OC(C)=O)[C@@H](OC(C)=O)[C@@H]1OC(C)=O. The van der Waals surface area contributed by atoms with Crippen LogP contribution < -0.4 is 0 Å². The average molecular weight is 615 g/mol. The lowest BCUT2D eigenvalue weighted by Gasteiger charge is -2.45. The predicted octanol–water partition coefficient (Wildman–Crippen LogP) is 3.93. The third kappa shape index (κ3) is 6.25. The second-order valence-corrected chi connectivity index (χ2v) is 10.6. The number of rotatable bonds is 7. The van der Waals surface area contributed by atoms with Gasteiger partial charge in [0.1, 0.15) is 18.8 Å². The van der Waals surface area contributed by atoms with Crippen molar-refractivity contribution in [3.05, 3.63) is 94.5 Å². The Morgan fingerprint density at radius 1 is 0.600 bits per heavy atom. The van der Waals surface area contributed by atoms with Gasteiger partial charge in [0.25, 0.3) is 0 Å². The molecule has 0 spiro atoms. The van der Waals surface area contributed by atoms with E-state index < -0.39 is 72.6 Å². The third-order valence-electron chi connectivity index (χ3n) is 7.49. The lowest BCUT2D eigenvalue weighted by atomic mass is 9.76. The molecule has 5 rings (SSSR count). The number of hydrogen-bond donors (Lipinski definition) is 0. The van der Waals surface area contributed by atoms with Gasteiger partial charge < -0.3 is 23.7 Å². The second-order valence-electron chi connectivity index (χ2n) is 10.6. The van der Waals surface area contributed by atoms with Crippen LogP contribution in [0.4, 0.5) is 0 Å². The number of carbonyl (C=O) groups is 6. The van der Waals surface area contributed by atoms with Crippen LogP contribution in [0.2, 0.25) is 0 Å². The van der Waals surface area contributed by atoms with E-state index in [9.17, 15) is 28.8 Å². The first-order valence-corrected chi connectivity index (χ1v) is 14.2. The molecule has 2 aliphatic rings. The number of fused-ring (bicyclic) bond motifs is 2. The fourth-order valence-corrected chi connectivity index (χ4v) is 5.82. The number of carbonyl (C=O) groups excluding carboxylic acids is 6. The van der Waals surface area contributed by atoms with Crippen molar-refractivity contribution in [3.8, 4) is 11.1 Å². The van der Waals surface area contributed by atoms with E-state index in [0.717, 1.165) is 20.8 Å². The maximum Gasteiger partial charge on any atom is 0.303 e. The summed E-state index contributed by atoms with van der Waals surface area (Å²) in [7, 11) is 0. The van der Waals surface area contributed by atoms with Crippen LogP contribution >= 0.6 is 0 Å². The second kappa shape index (κ2) is 12.8. The van der Waals surface area contributed by atoms with Crippen LogP contribution in [0.25, 0.3) is 11.1 Å². The summed E-state index contributed by atoms with van der Waals surface area (Å²) in [6.45, 7) is 4.12. The topological polar surface area (TPSA) is 149 Å². The van der Waals surface area contributed by atoms with Crippen LogP contribution in [0.1, 0.15) is 71.2 Å². The molecular weight excluding hydrogens is 584 g/mol. The van der Waals surface area contributed by atoms with Gasteiger partial charge in [-0.1, -0.05) is 66.7 Å². The Labute approximate surface area is 258 Å². The zero-order chi connectivity index (χ0) is 32.4. The highest BCUT2D eigenvalue weighted by Gasteiger charge is 2.53. The number of ether oxygens (including phenoxy) is 5. The normalized spacial score (nSPS) is 22.0. The van der Waals surface area contributed by atoms with Gasteiger partial charge in [-0.3, -0.25) is 28.8 Å². The zero-order valence-electron chi connectivity index (χ0n) is 24.9. The number of benzene rings is 3. The van der Waals surface area contributed by atoms with Crippen molar-refractivity contribution in [1.29, 1.82) is 0 Å². The summed E-state index contributed by atoms with van der Waals surface area (Å²) in [5, 5.41) is 0. The van der Waals surface area contributed by atoms with Crippen LogP contribution in [0.3, 0.4) is 0 Å². The molecule has 3 aromatic rings. The molecule has 11 nitrogen and oxygen atoms in total. The molecule has 45 heavy (non-hydrogen) atoms. The van der Waals surface area contributed by atoms with Gasteiger partial charge in [0, 0.05) is 49.9 Å². The molecule has 1 aliphatic carbocycles. The first-order valence-electron chi connectivity index (χ1n) is 14.2. The standard InChI is InChI=1S/C34H30O11/c1-17(35)41-16-26-32(42-18(2)36)34(44-20(4)38)33(43-19(3)37)31(45-26)25-15-14-22(21-10-6-5-7-11-21)27-28(25)30(40)24-13-9-8-12-23(24)29(27)39/h5-15,26,31-34H,16H2,1-4H3/t26-,31+,32-,33+,34+/m1/s1. The van der Waals surface area contributed by atoms with Crippen LogP contribution in [-0.4, -0.2) is 66.5 Å². The summed E-state index contributed by atoms with van der Waals surface area (Å²) in [6.07, 6.45) is -6.84. The van der Waals surface area contributed by atoms with Gasteiger partial charge in [-0.05, 0) is 16.7 Å². The zero-order valence-corrected chi connectivity index (χ0v) is 24.9. The maximum absolute atomic E-state index is 14.3. The van der Waals surface area contributed by atoms with E-state index in [1.54, 1.807) is 48.5 Å². The van der Waals surface area contributed by atoms with Crippen LogP contribution in [-0.2, 0) is 42.9 Å². The minimum absolute atomic E-state index is 0.0148. The van der Waals surface area contributed by atoms with E-state index in [1.165, 1.54) is 6.92 Å². The van der Waals surface area contributed by atoms with Crippen molar-refractivity contribution >= 4 is 35.4 Å². The van der Waals surface area contributed by atoms with E-state index >= 15 is 0 Å². The largest absolute Gasteiger partial charge is 0.463 e. The average Bonchev–Trinajstić information content (AvgIpc) is 3.00. The molecule has 0 N–H and O–H groups in total. The quantitative estimate of drug-likeness (QED) is 0.220. The molecule has 0 amide bonds. The van der Waals surface area contributed by atoms with Gasteiger partial charge in [0.05, 0.1) is 0 Å².